The molecule has 1 unspecified atom stereocenters. The predicted molar refractivity (Wildman–Crippen MR) is 174 cm³/mol. The van der Waals surface area contributed by atoms with E-state index in [0.717, 1.165) is 41.4 Å². The highest BCUT2D eigenvalue weighted by Crippen LogP contribution is 2.29. The van der Waals surface area contributed by atoms with E-state index >= 15 is 0 Å². The van der Waals surface area contributed by atoms with Crippen LogP contribution in [-0.4, -0.2) is 98.0 Å². The molecule has 2 aliphatic heterocycles. The number of ether oxygens (including phenoxy) is 2. The second kappa shape index (κ2) is 12.4. The Hall–Kier alpha value is -5.04. The Morgan fingerprint density at radius 2 is 1.78 bits per heavy atom. The van der Waals surface area contributed by atoms with Gasteiger partial charge in [0.15, 0.2) is 11.3 Å². The molecule has 46 heavy (non-hydrogen) atoms. The number of benzene rings is 2. The zero-order chi connectivity index (χ0) is 31.8. The van der Waals surface area contributed by atoms with Gasteiger partial charge in [0, 0.05) is 37.6 Å². The Morgan fingerprint density at radius 1 is 0.978 bits per heavy atom. The summed E-state index contributed by atoms with van der Waals surface area (Å²) in [6.07, 6.45) is 3.50. The Kier molecular flexibility index (Phi) is 7.99. The summed E-state index contributed by atoms with van der Waals surface area (Å²) in [6.45, 7) is 7.24. The van der Waals surface area contributed by atoms with Gasteiger partial charge in [-0.2, -0.15) is 15.1 Å². The van der Waals surface area contributed by atoms with Crippen LogP contribution in [0, 0.1) is 13.8 Å². The fourth-order valence-corrected chi connectivity index (χ4v) is 6.37. The van der Waals surface area contributed by atoms with Crippen LogP contribution in [0.1, 0.15) is 29.8 Å². The zero-order valence-corrected chi connectivity index (χ0v) is 26.3. The summed E-state index contributed by atoms with van der Waals surface area (Å²) in [7, 11) is 2.09. The lowest BCUT2D eigenvalue weighted by Gasteiger charge is -2.35. The van der Waals surface area contributed by atoms with Gasteiger partial charge in [0.1, 0.15) is 24.6 Å². The molecule has 2 saturated heterocycles. The number of likely N-dealkylation sites (tertiary alicyclic amines) is 1. The van der Waals surface area contributed by atoms with Gasteiger partial charge >= 0.3 is 12.1 Å². The van der Waals surface area contributed by atoms with Crippen LogP contribution in [0.5, 0.6) is 6.01 Å². The summed E-state index contributed by atoms with van der Waals surface area (Å²) in [5.74, 6) is 1.02. The van der Waals surface area contributed by atoms with Gasteiger partial charge in [0.05, 0.1) is 17.4 Å². The fraction of sp³-hybridized carbons (Fsp3) is 0.394. The number of carbonyl (C=O) groups is 1. The molecule has 2 aliphatic rings. The zero-order valence-electron chi connectivity index (χ0n) is 26.3. The number of anilines is 1. The summed E-state index contributed by atoms with van der Waals surface area (Å²) in [5, 5.41) is 8.01. The molecule has 1 N–H and O–H groups in total. The van der Waals surface area contributed by atoms with Crippen molar-refractivity contribution in [3.8, 4) is 11.7 Å². The highest BCUT2D eigenvalue weighted by Gasteiger charge is 2.28. The van der Waals surface area contributed by atoms with Gasteiger partial charge in [0.25, 0.3) is 5.56 Å². The van der Waals surface area contributed by atoms with Gasteiger partial charge in [0.2, 0.25) is 0 Å². The molecule has 7 rings (SSSR count). The van der Waals surface area contributed by atoms with Crippen LogP contribution in [0.15, 0.2) is 53.5 Å². The maximum atomic E-state index is 14.3. The van der Waals surface area contributed by atoms with Crippen molar-refractivity contribution in [2.45, 2.75) is 39.3 Å². The lowest BCUT2D eigenvalue weighted by molar-refractivity contribution is 0.0941. The van der Waals surface area contributed by atoms with E-state index in [9.17, 15) is 9.59 Å². The summed E-state index contributed by atoms with van der Waals surface area (Å²) >= 11 is 0. The number of hydrogen-bond acceptors (Lipinski definition) is 10. The van der Waals surface area contributed by atoms with Gasteiger partial charge < -0.3 is 24.2 Å². The molecule has 2 aromatic carbocycles. The van der Waals surface area contributed by atoms with E-state index in [2.05, 4.69) is 27.1 Å². The number of hydrogen-bond donors (Lipinski definition) is 1. The number of fused-ring (bicyclic) bond motifs is 2. The third-order valence-corrected chi connectivity index (χ3v) is 8.99. The van der Waals surface area contributed by atoms with E-state index in [4.69, 9.17) is 19.4 Å². The largest absolute Gasteiger partial charge is 0.462 e. The Bertz CT molecular complexity index is 1950. The molecule has 0 bridgehead atoms. The van der Waals surface area contributed by atoms with Crippen LogP contribution in [0.3, 0.4) is 0 Å². The lowest BCUT2D eigenvalue weighted by atomic mass is 10.1. The van der Waals surface area contributed by atoms with Crippen molar-refractivity contribution >= 4 is 33.8 Å². The smallest absolute Gasteiger partial charge is 0.410 e. The lowest BCUT2D eigenvalue weighted by Crippen LogP contribution is -2.49. The first-order valence-electron chi connectivity index (χ1n) is 15.7. The van der Waals surface area contributed by atoms with Crippen molar-refractivity contribution in [2.75, 3.05) is 51.3 Å². The third kappa shape index (κ3) is 5.62. The summed E-state index contributed by atoms with van der Waals surface area (Å²) in [5.41, 5.74) is 3.64. The number of carbonyl (C=O) groups excluding carboxylic acids is 1. The fourth-order valence-electron chi connectivity index (χ4n) is 6.37. The number of aromatic nitrogens is 6. The molecule has 2 fully saturated rings. The first-order valence-corrected chi connectivity index (χ1v) is 15.7. The van der Waals surface area contributed by atoms with Crippen LogP contribution in [0.2, 0.25) is 0 Å². The molecule has 0 spiro atoms. The van der Waals surface area contributed by atoms with Gasteiger partial charge in [-0.25, -0.2) is 9.78 Å². The summed E-state index contributed by atoms with van der Waals surface area (Å²) < 4.78 is 13.3. The van der Waals surface area contributed by atoms with E-state index < -0.39 is 0 Å². The molecular formula is C33H37N9O4. The highest BCUT2D eigenvalue weighted by atomic mass is 16.6. The van der Waals surface area contributed by atoms with Crippen molar-refractivity contribution in [1.82, 2.24) is 39.5 Å². The maximum Gasteiger partial charge on any atom is 0.410 e. The van der Waals surface area contributed by atoms with Crippen molar-refractivity contribution < 1.29 is 14.3 Å². The van der Waals surface area contributed by atoms with E-state index in [1.165, 1.54) is 0 Å². The summed E-state index contributed by atoms with van der Waals surface area (Å²) in [4.78, 5) is 47.6. The number of H-pyrrole nitrogens is 1. The van der Waals surface area contributed by atoms with Crippen molar-refractivity contribution in [3.63, 3.8) is 0 Å². The van der Waals surface area contributed by atoms with Gasteiger partial charge in [-0.15, -0.1) is 0 Å². The Morgan fingerprint density at radius 3 is 2.54 bits per heavy atom. The second-order valence-electron chi connectivity index (χ2n) is 12.0. The molecule has 0 aliphatic carbocycles. The second-order valence-corrected chi connectivity index (χ2v) is 12.0. The average molecular weight is 624 g/mol. The normalized spacial score (nSPS) is 17.2. The topological polar surface area (TPSA) is 135 Å². The Balaban J connectivity index is 1.22. The minimum Gasteiger partial charge on any atom is -0.462 e. The van der Waals surface area contributed by atoms with E-state index in [1.54, 1.807) is 15.7 Å². The molecule has 0 radical (unpaired) electrons. The molecule has 5 heterocycles. The van der Waals surface area contributed by atoms with Crippen molar-refractivity contribution in [1.29, 1.82) is 0 Å². The minimum atomic E-state index is -0.360. The van der Waals surface area contributed by atoms with Crippen LogP contribution in [0.4, 0.5) is 10.6 Å². The van der Waals surface area contributed by atoms with Crippen molar-refractivity contribution in [3.05, 3.63) is 76.0 Å². The molecule has 3 aromatic heterocycles. The SMILES string of the molecule is Cc1ccc2[nH]ncc2c1-n1c(C)nc2c(N3CCN(C(=O)OCc4ccccc4)CC3)nc(OCC3CCCN3C)nc2c1=O. The first-order chi connectivity index (χ1) is 22.4. The average Bonchev–Trinajstić information content (AvgIpc) is 3.72. The quantitative estimate of drug-likeness (QED) is 0.287. The number of amides is 1. The number of likely N-dealkylation sites (N-methyl/N-ethyl adjacent to an activating group) is 1. The summed E-state index contributed by atoms with van der Waals surface area (Å²) in [6, 6.07) is 13.9. The molecule has 5 aromatic rings. The number of nitrogens with one attached hydrogen (secondary N) is 1. The molecule has 13 heteroatoms. The number of aryl methyl sites for hydroxylation is 2. The van der Waals surface area contributed by atoms with Crippen LogP contribution in [0.25, 0.3) is 27.6 Å². The molecule has 1 atom stereocenters. The molecule has 1 amide bonds. The van der Waals surface area contributed by atoms with Gasteiger partial charge in [-0.05, 0) is 57.5 Å². The molecular weight excluding hydrogens is 586 g/mol. The van der Waals surface area contributed by atoms with Gasteiger partial charge in [-0.3, -0.25) is 14.5 Å². The van der Waals surface area contributed by atoms with E-state index in [1.807, 2.05) is 61.2 Å². The van der Waals surface area contributed by atoms with Crippen LogP contribution >= 0.6 is 0 Å². The Labute approximate surface area is 265 Å². The first kappa shape index (κ1) is 29.7. The molecule has 13 nitrogen and oxygen atoms in total. The van der Waals surface area contributed by atoms with Crippen LogP contribution < -0.4 is 15.2 Å². The van der Waals surface area contributed by atoms with Crippen molar-refractivity contribution in [2.24, 2.45) is 0 Å². The standard InChI is InChI=1S/C33H37N9O4/c1-21-11-12-26-25(18-34-38-26)29(21)42-22(2)35-27-28(31(42)43)36-32(45-20-24-10-7-13-39(24)3)37-30(27)40-14-16-41(17-15-40)33(44)46-19-23-8-5-4-6-9-23/h4-6,8-9,11-12,18,24H,7,10,13-17,19-20H2,1-3H3,(H,34,38). The van der Waals surface area contributed by atoms with E-state index in [-0.39, 0.29) is 35.8 Å². The number of aromatic amines is 1. The molecule has 238 valence electrons. The number of piperazine rings is 1. The van der Waals surface area contributed by atoms with Gasteiger partial charge in [-0.1, -0.05) is 36.4 Å². The van der Waals surface area contributed by atoms with Crippen LogP contribution in [-0.2, 0) is 11.3 Å². The predicted octanol–water partition coefficient (Wildman–Crippen LogP) is 3.60. The maximum absolute atomic E-state index is 14.3. The third-order valence-electron chi connectivity index (χ3n) is 8.99. The monoisotopic (exact) mass is 623 g/mol. The highest BCUT2D eigenvalue weighted by molar-refractivity contribution is 5.90. The number of rotatable bonds is 7. The van der Waals surface area contributed by atoms with E-state index in [0.29, 0.717) is 55.6 Å². The molecule has 0 saturated carbocycles. The minimum absolute atomic E-state index is 0.139. The number of nitrogens with zero attached hydrogens (tertiary/aromatic N) is 8.